The Balaban J connectivity index is 1.58. The maximum atomic E-state index is 15.3. The van der Waals surface area contributed by atoms with Crippen LogP contribution in [0.1, 0.15) is 42.4 Å². The van der Waals surface area contributed by atoms with Gasteiger partial charge in [-0.2, -0.15) is 0 Å². The molecule has 1 aliphatic carbocycles. The van der Waals surface area contributed by atoms with Gasteiger partial charge in [0, 0.05) is 19.0 Å². The van der Waals surface area contributed by atoms with Crippen LogP contribution in [0.25, 0.3) is 0 Å². The summed E-state index contributed by atoms with van der Waals surface area (Å²) in [6.45, 7) is 0.973. The maximum absolute atomic E-state index is 15.3. The molecule has 4 aromatic rings. The van der Waals surface area contributed by atoms with Gasteiger partial charge in [0.2, 0.25) is 11.8 Å². The van der Waals surface area contributed by atoms with Gasteiger partial charge < -0.3 is 10.2 Å². The molecular weight excluding hydrogens is 660 g/mol. The predicted molar refractivity (Wildman–Crippen MR) is 183 cm³/mol. The van der Waals surface area contributed by atoms with E-state index in [2.05, 4.69) is 5.32 Å². The third-order valence-electron chi connectivity index (χ3n) is 8.32. The summed E-state index contributed by atoms with van der Waals surface area (Å²) in [6, 6.07) is 24.6. The van der Waals surface area contributed by atoms with Crippen LogP contribution in [0.2, 0.25) is 10.0 Å². The standard InChI is InChI=1S/C36H36Cl2FN3O4S/c1-25-15-18-29(19-16-25)47(45,46)42(33-14-8-7-13-32(33)39)24-35(43)41(23-27-17-20-30(37)31(38)21-27)34(22-26-9-3-2-4-10-26)36(44)40-28-11-5-6-12-28/h2-4,7-10,13-21,28,34H,5-6,11-12,22-24H2,1H3,(H,40,44)/t34-/m1/s1. The Morgan fingerprint density at radius 2 is 1.53 bits per heavy atom. The highest BCUT2D eigenvalue weighted by Gasteiger charge is 2.36. The number of nitrogens with zero attached hydrogens (tertiary/aromatic N) is 2. The molecule has 4 aromatic carbocycles. The normalized spacial score (nSPS) is 14.0. The zero-order valence-corrected chi connectivity index (χ0v) is 28.2. The Labute approximate surface area is 285 Å². The third kappa shape index (κ3) is 8.52. The van der Waals surface area contributed by atoms with Crippen molar-refractivity contribution in [1.29, 1.82) is 0 Å². The lowest BCUT2D eigenvalue weighted by atomic mass is 10.0. The molecular formula is C36H36Cl2FN3O4S. The van der Waals surface area contributed by atoms with E-state index in [1.165, 1.54) is 35.2 Å². The molecule has 0 spiro atoms. The van der Waals surface area contributed by atoms with Crippen molar-refractivity contribution in [3.63, 3.8) is 0 Å². The average Bonchev–Trinajstić information content (AvgIpc) is 3.57. The minimum Gasteiger partial charge on any atom is -0.352 e. The molecule has 0 aromatic heterocycles. The van der Waals surface area contributed by atoms with Crippen LogP contribution in [0, 0.1) is 12.7 Å². The van der Waals surface area contributed by atoms with E-state index in [1.54, 1.807) is 30.3 Å². The molecule has 5 rings (SSSR count). The first kappa shape index (κ1) is 34.4. The van der Waals surface area contributed by atoms with Gasteiger partial charge in [-0.1, -0.05) is 102 Å². The largest absolute Gasteiger partial charge is 0.352 e. The first-order valence-corrected chi connectivity index (χ1v) is 17.6. The quantitative estimate of drug-likeness (QED) is 0.168. The number of carbonyl (C=O) groups excluding carboxylic acids is 2. The van der Waals surface area contributed by atoms with Crippen LogP contribution in [0.3, 0.4) is 0 Å². The van der Waals surface area contributed by atoms with E-state index in [9.17, 15) is 18.0 Å². The van der Waals surface area contributed by atoms with Gasteiger partial charge in [-0.25, -0.2) is 12.8 Å². The summed E-state index contributed by atoms with van der Waals surface area (Å²) in [5, 5.41) is 3.71. The minimum absolute atomic E-state index is 0.0282. The monoisotopic (exact) mass is 695 g/mol. The number of para-hydroxylation sites is 1. The summed E-state index contributed by atoms with van der Waals surface area (Å²) in [4.78, 5) is 29.9. The summed E-state index contributed by atoms with van der Waals surface area (Å²) in [5.74, 6) is -1.86. The fourth-order valence-corrected chi connectivity index (χ4v) is 7.50. The molecule has 0 aliphatic heterocycles. The first-order valence-electron chi connectivity index (χ1n) is 15.4. The minimum atomic E-state index is -4.42. The van der Waals surface area contributed by atoms with E-state index in [4.69, 9.17) is 23.2 Å². The van der Waals surface area contributed by atoms with Crippen molar-refractivity contribution in [1.82, 2.24) is 10.2 Å². The Morgan fingerprint density at radius 1 is 0.872 bits per heavy atom. The zero-order valence-electron chi connectivity index (χ0n) is 25.9. The molecule has 0 unspecified atom stereocenters. The molecule has 1 atom stereocenters. The first-order chi connectivity index (χ1) is 22.5. The summed E-state index contributed by atoms with van der Waals surface area (Å²) in [7, 11) is -4.42. The number of sulfonamides is 1. The molecule has 1 aliphatic rings. The van der Waals surface area contributed by atoms with Crippen molar-refractivity contribution in [3.8, 4) is 0 Å². The van der Waals surface area contributed by atoms with Crippen molar-refractivity contribution < 1.29 is 22.4 Å². The van der Waals surface area contributed by atoms with Crippen LogP contribution < -0.4 is 9.62 Å². The van der Waals surface area contributed by atoms with Crippen LogP contribution in [0.5, 0.6) is 0 Å². The smallest absolute Gasteiger partial charge is 0.264 e. The van der Waals surface area contributed by atoms with E-state index in [0.717, 1.165) is 47.2 Å². The Hall–Kier alpha value is -3.92. The molecule has 0 radical (unpaired) electrons. The average molecular weight is 697 g/mol. The molecule has 47 heavy (non-hydrogen) atoms. The van der Waals surface area contributed by atoms with E-state index in [0.29, 0.717) is 10.6 Å². The van der Waals surface area contributed by atoms with Gasteiger partial charge >= 0.3 is 0 Å². The fraction of sp³-hybridized carbons (Fsp3) is 0.278. The summed E-state index contributed by atoms with van der Waals surface area (Å²) in [5.41, 5.74) is 1.94. The highest BCUT2D eigenvalue weighted by Crippen LogP contribution is 2.29. The molecule has 1 saturated carbocycles. The molecule has 7 nitrogen and oxygen atoms in total. The van der Waals surface area contributed by atoms with Crippen LogP contribution in [-0.2, 0) is 32.6 Å². The molecule has 2 amide bonds. The fourth-order valence-electron chi connectivity index (χ4n) is 5.76. The number of aryl methyl sites for hydroxylation is 1. The van der Waals surface area contributed by atoms with Crippen molar-refractivity contribution in [2.45, 2.75) is 62.6 Å². The van der Waals surface area contributed by atoms with Crippen LogP contribution in [0.15, 0.2) is 102 Å². The molecule has 0 bridgehead atoms. The zero-order chi connectivity index (χ0) is 33.6. The highest BCUT2D eigenvalue weighted by atomic mass is 35.5. The summed E-state index contributed by atoms with van der Waals surface area (Å²) < 4.78 is 44.3. The SMILES string of the molecule is Cc1ccc(S(=O)(=O)N(CC(=O)N(Cc2ccc(Cl)c(Cl)c2)[C@H](Cc2ccccc2)C(=O)NC2CCCC2)c2ccccc2F)cc1. The van der Waals surface area contributed by atoms with E-state index < -0.39 is 34.3 Å². The van der Waals surface area contributed by atoms with Gasteiger partial charge in [0.05, 0.1) is 20.6 Å². The molecule has 246 valence electrons. The summed E-state index contributed by atoms with van der Waals surface area (Å²) in [6.07, 6.45) is 3.82. The van der Waals surface area contributed by atoms with Crippen LogP contribution in [0.4, 0.5) is 10.1 Å². The van der Waals surface area contributed by atoms with Crippen molar-refractivity contribution in [3.05, 3.63) is 130 Å². The molecule has 0 heterocycles. The van der Waals surface area contributed by atoms with Gasteiger partial charge in [0.15, 0.2) is 0 Å². The van der Waals surface area contributed by atoms with Gasteiger partial charge in [-0.3, -0.25) is 13.9 Å². The number of hydrogen-bond acceptors (Lipinski definition) is 4. The molecule has 0 saturated heterocycles. The number of benzene rings is 4. The van der Waals surface area contributed by atoms with Gasteiger partial charge in [-0.15, -0.1) is 0 Å². The Kier molecular flexibility index (Phi) is 11.2. The predicted octanol–water partition coefficient (Wildman–Crippen LogP) is 7.34. The highest BCUT2D eigenvalue weighted by molar-refractivity contribution is 7.92. The van der Waals surface area contributed by atoms with E-state index >= 15 is 4.39 Å². The van der Waals surface area contributed by atoms with Crippen molar-refractivity contribution in [2.75, 3.05) is 10.8 Å². The van der Waals surface area contributed by atoms with Crippen LogP contribution in [-0.4, -0.2) is 43.8 Å². The van der Waals surface area contributed by atoms with Gasteiger partial charge in [0.25, 0.3) is 10.0 Å². The topological polar surface area (TPSA) is 86.8 Å². The van der Waals surface area contributed by atoms with Gasteiger partial charge in [-0.05, 0) is 67.3 Å². The second-order valence-electron chi connectivity index (χ2n) is 11.7. The number of halogens is 3. The molecule has 1 N–H and O–H groups in total. The van der Waals surface area contributed by atoms with Crippen LogP contribution >= 0.6 is 23.2 Å². The number of carbonyl (C=O) groups is 2. The lowest BCUT2D eigenvalue weighted by Gasteiger charge is -2.34. The number of nitrogens with one attached hydrogen (secondary N) is 1. The number of anilines is 1. The lowest BCUT2D eigenvalue weighted by Crippen LogP contribution is -2.54. The van der Waals surface area contributed by atoms with E-state index in [1.807, 2.05) is 37.3 Å². The number of rotatable bonds is 12. The molecule has 1 fully saturated rings. The van der Waals surface area contributed by atoms with Crippen molar-refractivity contribution >= 4 is 50.7 Å². The molecule has 11 heteroatoms. The van der Waals surface area contributed by atoms with E-state index in [-0.39, 0.29) is 40.5 Å². The number of amides is 2. The Morgan fingerprint density at radius 3 is 2.19 bits per heavy atom. The second-order valence-corrected chi connectivity index (χ2v) is 14.4. The summed E-state index contributed by atoms with van der Waals surface area (Å²) >= 11 is 12.5. The third-order valence-corrected chi connectivity index (χ3v) is 10.8. The maximum Gasteiger partial charge on any atom is 0.264 e. The Bertz CT molecular complexity index is 1820. The second kappa shape index (κ2) is 15.3. The number of hydrogen-bond donors (Lipinski definition) is 1. The lowest BCUT2D eigenvalue weighted by molar-refractivity contribution is -0.140. The van der Waals surface area contributed by atoms with Gasteiger partial charge in [0.1, 0.15) is 18.4 Å². The van der Waals surface area contributed by atoms with Crippen molar-refractivity contribution in [2.24, 2.45) is 0 Å².